The van der Waals surface area contributed by atoms with Crippen LogP contribution >= 0.6 is 35.3 Å². The van der Waals surface area contributed by atoms with Gasteiger partial charge in [0.05, 0.1) is 23.3 Å². The van der Waals surface area contributed by atoms with Gasteiger partial charge < -0.3 is 15.5 Å². The van der Waals surface area contributed by atoms with Crippen molar-refractivity contribution >= 4 is 47.0 Å². The summed E-state index contributed by atoms with van der Waals surface area (Å²) in [5.74, 6) is 0.801. The van der Waals surface area contributed by atoms with Crippen LogP contribution in [0.2, 0.25) is 0 Å². The van der Waals surface area contributed by atoms with Crippen molar-refractivity contribution in [2.75, 3.05) is 25.0 Å². The van der Waals surface area contributed by atoms with Crippen LogP contribution in [0.4, 0.5) is 5.69 Å². The van der Waals surface area contributed by atoms with Crippen molar-refractivity contribution in [3.63, 3.8) is 0 Å². The van der Waals surface area contributed by atoms with Gasteiger partial charge in [-0.2, -0.15) is 0 Å². The number of aliphatic imine (C=N–C) groups is 1. The average molecular weight is 499 g/mol. The van der Waals surface area contributed by atoms with Crippen molar-refractivity contribution in [3.05, 3.63) is 45.9 Å². The molecule has 2 N–H and O–H groups in total. The minimum atomic E-state index is 0. The number of halogens is 1. The molecule has 0 spiro atoms. The highest BCUT2D eigenvalue weighted by molar-refractivity contribution is 14.0. The highest BCUT2D eigenvalue weighted by Gasteiger charge is 2.14. The van der Waals surface area contributed by atoms with Crippen LogP contribution in [-0.4, -0.2) is 31.1 Å². The maximum atomic E-state index is 4.60. The van der Waals surface area contributed by atoms with Gasteiger partial charge in [-0.05, 0) is 43.9 Å². The normalized spacial score (nSPS) is 15.4. The molecule has 1 atom stereocenters. The van der Waals surface area contributed by atoms with E-state index in [4.69, 9.17) is 0 Å². The molecule has 148 valence electrons. The van der Waals surface area contributed by atoms with Crippen molar-refractivity contribution in [2.24, 2.45) is 4.99 Å². The molecular weight excluding hydrogens is 469 g/mol. The van der Waals surface area contributed by atoms with Crippen LogP contribution in [0.1, 0.15) is 49.0 Å². The van der Waals surface area contributed by atoms with Crippen molar-refractivity contribution < 1.29 is 0 Å². The highest BCUT2D eigenvalue weighted by Crippen LogP contribution is 2.23. The number of benzene rings is 1. The van der Waals surface area contributed by atoms with Gasteiger partial charge in [0, 0.05) is 31.2 Å². The summed E-state index contributed by atoms with van der Waals surface area (Å²) >= 11 is 1.72. The lowest BCUT2D eigenvalue weighted by Crippen LogP contribution is -2.38. The molecular formula is C20H30IN5S. The second kappa shape index (κ2) is 10.8. The van der Waals surface area contributed by atoms with Crippen LogP contribution in [-0.2, 0) is 13.0 Å². The van der Waals surface area contributed by atoms with E-state index in [1.807, 2.05) is 0 Å². The summed E-state index contributed by atoms with van der Waals surface area (Å²) in [6.45, 7) is 7.34. The molecule has 7 heteroatoms. The number of thiazole rings is 1. The third kappa shape index (κ3) is 6.07. The SMILES string of the molecule is CCc1nc(CNC(=NC)NC(C)c2cccc(N3CCCC3)c2)cs1.I. The Morgan fingerprint density at radius 3 is 2.78 bits per heavy atom. The molecule has 5 nitrogen and oxygen atoms in total. The summed E-state index contributed by atoms with van der Waals surface area (Å²) in [5.41, 5.74) is 3.67. The molecule has 0 aliphatic carbocycles. The average Bonchev–Trinajstić information content (AvgIpc) is 3.36. The van der Waals surface area contributed by atoms with E-state index in [1.165, 1.54) is 42.2 Å². The van der Waals surface area contributed by atoms with Gasteiger partial charge in [0.2, 0.25) is 0 Å². The lowest BCUT2D eigenvalue weighted by molar-refractivity contribution is 0.682. The predicted octanol–water partition coefficient (Wildman–Crippen LogP) is 4.35. The first-order chi connectivity index (χ1) is 12.7. The lowest BCUT2D eigenvalue weighted by atomic mass is 10.1. The van der Waals surface area contributed by atoms with E-state index >= 15 is 0 Å². The van der Waals surface area contributed by atoms with Gasteiger partial charge in [0.25, 0.3) is 0 Å². The van der Waals surface area contributed by atoms with E-state index in [0.29, 0.717) is 6.54 Å². The molecule has 1 aliphatic heterocycles. The Hall–Kier alpha value is -1.35. The molecule has 0 amide bonds. The zero-order chi connectivity index (χ0) is 18.4. The van der Waals surface area contributed by atoms with E-state index in [9.17, 15) is 0 Å². The number of nitrogens with one attached hydrogen (secondary N) is 2. The van der Waals surface area contributed by atoms with Crippen molar-refractivity contribution in [1.29, 1.82) is 0 Å². The molecule has 1 aliphatic rings. The third-order valence-electron chi connectivity index (χ3n) is 4.76. The third-order valence-corrected chi connectivity index (χ3v) is 5.80. The van der Waals surface area contributed by atoms with Gasteiger partial charge in [-0.1, -0.05) is 19.1 Å². The molecule has 2 aromatic rings. The molecule has 1 saturated heterocycles. The van der Waals surface area contributed by atoms with E-state index in [2.05, 4.69) is 69.0 Å². The molecule has 1 aromatic heterocycles. The van der Waals surface area contributed by atoms with Gasteiger partial charge in [0.15, 0.2) is 5.96 Å². The number of guanidine groups is 1. The Balaban J connectivity index is 0.00000261. The van der Waals surface area contributed by atoms with E-state index in [0.717, 1.165) is 18.1 Å². The second-order valence-electron chi connectivity index (χ2n) is 6.67. The molecule has 1 fully saturated rings. The number of aryl methyl sites for hydroxylation is 1. The Kier molecular flexibility index (Phi) is 8.82. The van der Waals surface area contributed by atoms with Crippen molar-refractivity contribution in [1.82, 2.24) is 15.6 Å². The van der Waals surface area contributed by atoms with Crippen molar-refractivity contribution in [2.45, 2.75) is 45.7 Å². The summed E-state index contributed by atoms with van der Waals surface area (Å²) < 4.78 is 0. The fraction of sp³-hybridized carbons (Fsp3) is 0.500. The maximum absolute atomic E-state index is 4.60. The summed E-state index contributed by atoms with van der Waals surface area (Å²) in [4.78, 5) is 11.4. The molecule has 0 bridgehead atoms. The topological polar surface area (TPSA) is 52.6 Å². The highest BCUT2D eigenvalue weighted by atomic mass is 127. The van der Waals surface area contributed by atoms with Crippen LogP contribution in [0.15, 0.2) is 34.6 Å². The number of hydrogen-bond donors (Lipinski definition) is 2. The van der Waals surface area contributed by atoms with Crippen LogP contribution in [0, 0.1) is 0 Å². The molecule has 27 heavy (non-hydrogen) atoms. The smallest absolute Gasteiger partial charge is 0.191 e. The number of aromatic nitrogens is 1. The number of anilines is 1. The van der Waals surface area contributed by atoms with Crippen LogP contribution < -0.4 is 15.5 Å². The summed E-state index contributed by atoms with van der Waals surface area (Å²) in [6.07, 6.45) is 3.58. The van der Waals surface area contributed by atoms with Gasteiger partial charge in [-0.15, -0.1) is 35.3 Å². The largest absolute Gasteiger partial charge is 0.372 e. The Morgan fingerprint density at radius 1 is 1.33 bits per heavy atom. The van der Waals surface area contributed by atoms with Crippen molar-refractivity contribution in [3.8, 4) is 0 Å². The quantitative estimate of drug-likeness (QED) is 0.353. The first-order valence-corrected chi connectivity index (χ1v) is 10.3. The Morgan fingerprint density at radius 2 is 2.11 bits per heavy atom. The van der Waals surface area contributed by atoms with Crippen LogP contribution in [0.5, 0.6) is 0 Å². The molecule has 2 heterocycles. The minimum absolute atomic E-state index is 0. The van der Waals surface area contributed by atoms with Crippen LogP contribution in [0.3, 0.4) is 0 Å². The first kappa shape index (κ1) is 21.9. The van der Waals surface area contributed by atoms with E-state index in [-0.39, 0.29) is 30.0 Å². The van der Waals surface area contributed by atoms with Gasteiger partial charge >= 0.3 is 0 Å². The zero-order valence-electron chi connectivity index (χ0n) is 16.4. The maximum Gasteiger partial charge on any atom is 0.191 e. The molecule has 1 aromatic carbocycles. The molecule has 3 rings (SSSR count). The lowest BCUT2D eigenvalue weighted by Gasteiger charge is -2.22. The Bertz CT molecular complexity index is 739. The fourth-order valence-corrected chi connectivity index (χ4v) is 3.96. The monoisotopic (exact) mass is 499 g/mol. The molecule has 0 saturated carbocycles. The summed E-state index contributed by atoms with van der Waals surface area (Å²) in [6, 6.07) is 9.02. The number of hydrogen-bond acceptors (Lipinski definition) is 4. The molecule has 1 unspecified atom stereocenters. The van der Waals surface area contributed by atoms with Gasteiger partial charge in [0.1, 0.15) is 0 Å². The second-order valence-corrected chi connectivity index (χ2v) is 7.61. The van der Waals surface area contributed by atoms with Gasteiger partial charge in [-0.3, -0.25) is 4.99 Å². The fourth-order valence-electron chi connectivity index (χ4n) is 3.22. The number of nitrogens with zero attached hydrogens (tertiary/aromatic N) is 3. The standard InChI is InChI=1S/C20H29N5S.HI/c1-4-19-24-17(14-26-19)13-22-20(21-3)23-15(2)16-8-7-9-18(12-16)25-10-5-6-11-25;/h7-9,12,14-15H,4-6,10-11,13H2,1-3H3,(H2,21,22,23);1H. The number of rotatable bonds is 6. The predicted molar refractivity (Wildman–Crippen MR) is 127 cm³/mol. The summed E-state index contributed by atoms with van der Waals surface area (Å²) in [7, 11) is 1.81. The first-order valence-electron chi connectivity index (χ1n) is 9.45. The van der Waals surface area contributed by atoms with Crippen LogP contribution in [0.25, 0.3) is 0 Å². The Labute approximate surface area is 183 Å². The molecule has 0 radical (unpaired) electrons. The van der Waals surface area contributed by atoms with E-state index in [1.54, 1.807) is 18.4 Å². The summed E-state index contributed by atoms with van der Waals surface area (Å²) in [5, 5.41) is 10.1. The zero-order valence-corrected chi connectivity index (χ0v) is 19.5. The minimum Gasteiger partial charge on any atom is -0.372 e. The van der Waals surface area contributed by atoms with E-state index < -0.39 is 0 Å². The van der Waals surface area contributed by atoms with Gasteiger partial charge in [-0.25, -0.2) is 4.98 Å².